The van der Waals surface area contributed by atoms with Crippen LogP contribution in [-0.2, 0) is 10.0 Å². The molecule has 1 aromatic carbocycles. The quantitative estimate of drug-likeness (QED) is 0.702. The van der Waals surface area contributed by atoms with Crippen molar-refractivity contribution in [1.29, 1.82) is 0 Å². The van der Waals surface area contributed by atoms with E-state index in [4.69, 9.17) is 5.73 Å². The molecule has 6 heteroatoms. The third-order valence-electron chi connectivity index (χ3n) is 2.45. The van der Waals surface area contributed by atoms with Gasteiger partial charge in [0.05, 0.1) is 5.69 Å². The summed E-state index contributed by atoms with van der Waals surface area (Å²) in [5.74, 6) is 0. The van der Waals surface area contributed by atoms with Crippen LogP contribution in [0, 0.1) is 0 Å². The van der Waals surface area contributed by atoms with Crippen LogP contribution in [0.4, 0.5) is 5.69 Å². The fourth-order valence-corrected chi connectivity index (χ4v) is 2.41. The van der Waals surface area contributed by atoms with Crippen molar-refractivity contribution in [2.24, 2.45) is 5.73 Å². The van der Waals surface area contributed by atoms with E-state index in [0.717, 1.165) is 6.42 Å². The van der Waals surface area contributed by atoms with Crippen molar-refractivity contribution in [3.63, 3.8) is 0 Å². The smallest absolute Gasteiger partial charge is 0.242 e. The highest BCUT2D eigenvalue weighted by molar-refractivity contribution is 7.89. The molecule has 0 bridgehead atoms. The predicted octanol–water partition coefficient (Wildman–Crippen LogP) is 0.744. The van der Waals surface area contributed by atoms with Gasteiger partial charge in [-0.15, -0.1) is 0 Å². The standard InChI is InChI=1S/C11H19N3O2S/c1-9(7-8-12)14-10-5-3-4-6-11(10)17(15,16)13-2/h3-6,9,13-14H,7-8,12H2,1-2H3. The van der Waals surface area contributed by atoms with Crippen LogP contribution in [0.3, 0.4) is 0 Å². The number of sulfonamides is 1. The molecule has 17 heavy (non-hydrogen) atoms. The number of hydrogen-bond acceptors (Lipinski definition) is 4. The molecule has 1 unspecified atom stereocenters. The molecule has 0 spiro atoms. The highest BCUT2D eigenvalue weighted by Crippen LogP contribution is 2.21. The molecule has 0 saturated carbocycles. The van der Waals surface area contributed by atoms with Crippen LogP contribution in [0.15, 0.2) is 29.2 Å². The Hall–Kier alpha value is -1.11. The summed E-state index contributed by atoms with van der Waals surface area (Å²) in [6.45, 7) is 2.53. The molecule has 0 saturated heterocycles. The highest BCUT2D eigenvalue weighted by atomic mass is 32.2. The summed E-state index contributed by atoms with van der Waals surface area (Å²) in [5.41, 5.74) is 6.06. The van der Waals surface area contributed by atoms with E-state index in [1.165, 1.54) is 7.05 Å². The minimum atomic E-state index is -3.43. The Balaban J connectivity index is 3.01. The van der Waals surface area contributed by atoms with Gasteiger partial charge in [0.15, 0.2) is 0 Å². The molecule has 0 radical (unpaired) electrons. The molecule has 0 fully saturated rings. The van der Waals surface area contributed by atoms with Gasteiger partial charge in [-0.25, -0.2) is 13.1 Å². The first-order valence-corrected chi connectivity index (χ1v) is 6.98. The molecule has 5 nitrogen and oxygen atoms in total. The average Bonchev–Trinajstić information content (AvgIpc) is 2.30. The molecule has 96 valence electrons. The van der Waals surface area contributed by atoms with Crippen molar-refractivity contribution in [1.82, 2.24) is 4.72 Å². The lowest BCUT2D eigenvalue weighted by atomic mass is 10.2. The van der Waals surface area contributed by atoms with Crippen LogP contribution in [0.1, 0.15) is 13.3 Å². The Bertz CT molecular complexity index is 460. The van der Waals surface area contributed by atoms with Crippen LogP contribution >= 0.6 is 0 Å². The monoisotopic (exact) mass is 257 g/mol. The third-order valence-corrected chi connectivity index (χ3v) is 3.92. The third kappa shape index (κ3) is 3.69. The van der Waals surface area contributed by atoms with Crippen LogP contribution in [-0.4, -0.2) is 28.1 Å². The van der Waals surface area contributed by atoms with Gasteiger partial charge in [0.25, 0.3) is 0 Å². The summed E-state index contributed by atoms with van der Waals surface area (Å²) in [7, 11) is -2.03. The van der Waals surface area contributed by atoms with Gasteiger partial charge >= 0.3 is 0 Å². The van der Waals surface area contributed by atoms with Gasteiger partial charge in [-0.2, -0.15) is 0 Å². The first-order chi connectivity index (χ1) is 8.01. The van der Waals surface area contributed by atoms with Crippen molar-refractivity contribution < 1.29 is 8.42 Å². The second-order valence-corrected chi connectivity index (χ2v) is 5.68. The molecule has 1 atom stereocenters. The second kappa shape index (κ2) is 6.00. The molecule has 0 aliphatic carbocycles. The van der Waals surface area contributed by atoms with Gasteiger partial charge < -0.3 is 11.1 Å². The molecular formula is C11H19N3O2S. The maximum Gasteiger partial charge on any atom is 0.242 e. The van der Waals surface area contributed by atoms with E-state index in [-0.39, 0.29) is 10.9 Å². The minimum absolute atomic E-state index is 0.133. The first-order valence-electron chi connectivity index (χ1n) is 5.50. The van der Waals surface area contributed by atoms with E-state index in [0.29, 0.717) is 12.2 Å². The molecular weight excluding hydrogens is 238 g/mol. The molecule has 0 heterocycles. The normalized spacial score (nSPS) is 13.4. The predicted molar refractivity (Wildman–Crippen MR) is 69.4 cm³/mol. The number of nitrogens with two attached hydrogens (primary N) is 1. The molecule has 0 aliphatic heterocycles. The Morgan fingerprint density at radius 3 is 2.59 bits per heavy atom. The minimum Gasteiger partial charge on any atom is -0.381 e. The number of nitrogens with one attached hydrogen (secondary N) is 2. The number of benzene rings is 1. The van der Waals surface area contributed by atoms with Gasteiger partial charge in [0.1, 0.15) is 4.90 Å². The van der Waals surface area contributed by atoms with Crippen molar-refractivity contribution in [2.75, 3.05) is 18.9 Å². The van der Waals surface area contributed by atoms with Crippen molar-refractivity contribution in [2.45, 2.75) is 24.3 Å². The van der Waals surface area contributed by atoms with Crippen molar-refractivity contribution in [3.05, 3.63) is 24.3 Å². The van der Waals surface area contributed by atoms with E-state index in [1.807, 2.05) is 6.92 Å². The van der Waals surface area contributed by atoms with E-state index in [2.05, 4.69) is 10.0 Å². The lowest BCUT2D eigenvalue weighted by Gasteiger charge is -2.17. The Kier molecular flexibility index (Phi) is 4.92. The lowest BCUT2D eigenvalue weighted by molar-refractivity contribution is 0.588. The summed E-state index contributed by atoms with van der Waals surface area (Å²) < 4.78 is 25.9. The molecule has 0 aromatic heterocycles. The molecule has 4 N–H and O–H groups in total. The second-order valence-electron chi connectivity index (χ2n) is 3.83. The maximum absolute atomic E-state index is 11.8. The number of para-hydroxylation sites is 1. The summed E-state index contributed by atoms with van der Waals surface area (Å²) >= 11 is 0. The van der Waals surface area contributed by atoms with Gasteiger partial charge in [0.2, 0.25) is 10.0 Å². The fourth-order valence-electron chi connectivity index (χ4n) is 1.52. The SMILES string of the molecule is CNS(=O)(=O)c1ccccc1NC(C)CCN. The maximum atomic E-state index is 11.8. The summed E-state index contributed by atoms with van der Waals surface area (Å²) in [4.78, 5) is 0.256. The fraction of sp³-hybridized carbons (Fsp3) is 0.455. The zero-order chi connectivity index (χ0) is 12.9. The van der Waals surface area contributed by atoms with Crippen LogP contribution in [0.5, 0.6) is 0 Å². The highest BCUT2D eigenvalue weighted by Gasteiger charge is 2.16. The first kappa shape index (κ1) is 14.0. The van der Waals surface area contributed by atoms with Crippen molar-refractivity contribution in [3.8, 4) is 0 Å². The zero-order valence-electron chi connectivity index (χ0n) is 10.1. The Labute approximate surface area is 102 Å². The Morgan fingerprint density at radius 2 is 2.00 bits per heavy atom. The molecule has 1 rings (SSSR count). The zero-order valence-corrected chi connectivity index (χ0v) is 10.9. The largest absolute Gasteiger partial charge is 0.381 e. The number of rotatable bonds is 6. The molecule has 0 amide bonds. The topological polar surface area (TPSA) is 84.2 Å². The summed E-state index contributed by atoms with van der Waals surface area (Å²) in [5, 5.41) is 3.15. The van der Waals surface area contributed by atoms with E-state index < -0.39 is 10.0 Å². The van der Waals surface area contributed by atoms with Crippen LogP contribution < -0.4 is 15.8 Å². The van der Waals surface area contributed by atoms with E-state index in [9.17, 15) is 8.42 Å². The Morgan fingerprint density at radius 1 is 1.35 bits per heavy atom. The van der Waals surface area contributed by atoms with Gasteiger partial charge in [-0.3, -0.25) is 0 Å². The van der Waals surface area contributed by atoms with E-state index in [1.54, 1.807) is 24.3 Å². The summed E-state index contributed by atoms with van der Waals surface area (Å²) in [6.07, 6.45) is 0.786. The molecule has 1 aromatic rings. The van der Waals surface area contributed by atoms with Crippen LogP contribution in [0.25, 0.3) is 0 Å². The number of hydrogen-bond donors (Lipinski definition) is 3. The van der Waals surface area contributed by atoms with Crippen molar-refractivity contribution >= 4 is 15.7 Å². The van der Waals surface area contributed by atoms with Crippen LogP contribution in [0.2, 0.25) is 0 Å². The van der Waals surface area contributed by atoms with Gasteiger partial charge in [-0.05, 0) is 39.1 Å². The van der Waals surface area contributed by atoms with Gasteiger partial charge in [0, 0.05) is 6.04 Å². The average molecular weight is 257 g/mol. The van der Waals surface area contributed by atoms with E-state index >= 15 is 0 Å². The molecule has 0 aliphatic rings. The van der Waals surface area contributed by atoms with Gasteiger partial charge in [-0.1, -0.05) is 12.1 Å². The summed E-state index contributed by atoms with van der Waals surface area (Å²) in [6, 6.07) is 6.95. The number of anilines is 1. The lowest BCUT2D eigenvalue weighted by Crippen LogP contribution is -2.24.